The molecule has 2 aromatic carbocycles. The lowest BCUT2D eigenvalue weighted by Gasteiger charge is -2.44. The van der Waals surface area contributed by atoms with E-state index in [0.29, 0.717) is 12.5 Å². The fraction of sp³-hybridized carbons (Fsp3) is 0.462. The number of nitrogens with zero attached hydrogens (tertiary/aromatic N) is 4. The first-order valence-corrected chi connectivity index (χ1v) is 12.1. The zero-order valence-corrected chi connectivity index (χ0v) is 20.1. The molecule has 3 aliphatic heterocycles. The molecule has 1 N–H and O–H groups in total. The van der Waals surface area contributed by atoms with E-state index < -0.39 is 0 Å². The van der Waals surface area contributed by atoms with Crippen LogP contribution in [0.25, 0.3) is 0 Å². The van der Waals surface area contributed by atoms with Crippen molar-refractivity contribution in [2.24, 2.45) is 5.92 Å². The molecule has 8 nitrogen and oxygen atoms in total. The van der Waals surface area contributed by atoms with E-state index in [0.717, 1.165) is 43.1 Å². The average molecular weight is 464 g/mol. The van der Waals surface area contributed by atoms with Crippen LogP contribution in [0.5, 0.6) is 11.5 Å². The van der Waals surface area contributed by atoms with Crippen LogP contribution in [-0.4, -0.2) is 71.8 Å². The van der Waals surface area contributed by atoms with E-state index in [1.807, 2.05) is 42.5 Å². The molecule has 0 bridgehead atoms. The Bertz CT molecular complexity index is 1030. The average Bonchev–Trinajstić information content (AvgIpc) is 3.24. The van der Waals surface area contributed by atoms with Crippen LogP contribution in [0, 0.1) is 5.92 Å². The van der Waals surface area contributed by atoms with Crippen molar-refractivity contribution in [3.8, 4) is 11.5 Å². The van der Waals surface area contributed by atoms with Crippen LogP contribution in [0.3, 0.4) is 0 Å². The molecule has 3 heterocycles. The largest absolute Gasteiger partial charge is 0.457 e. The minimum atomic E-state index is -0.372. The van der Waals surface area contributed by atoms with Gasteiger partial charge in [0, 0.05) is 32.4 Å². The van der Waals surface area contributed by atoms with Crippen LogP contribution < -0.4 is 15.0 Å². The molecule has 3 atom stereocenters. The molecule has 0 aliphatic carbocycles. The zero-order chi connectivity index (χ0) is 23.8. The summed E-state index contributed by atoms with van der Waals surface area (Å²) in [6, 6.07) is 17.2. The van der Waals surface area contributed by atoms with Crippen LogP contribution in [-0.2, 0) is 4.79 Å². The molecule has 5 rings (SSSR count). The van der Waals surface area contributed by atoms with Gasteiger partial charge in [-0.05, 0) is 55.2 Å². The Morgan fingerprint density at radius 2 is 1.71 bits per heavy atom. The molecule has 180 valence electrons. The number of imide groups is 1. The lowest BCUT2D eigenvalue weighted by Crippen LogP contribution is -2.66. The summed E-state index contributed by atoms with van der Waals surface area (Å²) in [7, 11) is 1.79. The highest BCUT2D eigenvalue weighted by Crippen LogP contribution is 2.34. The number of urea groups is 1. The van der Waals surface area contributed by atoms with Gasteiger partial charge in [0.15, 0.2) is 0 Å². The molecular weight excluding hydrogens is 430 g/mol. The van der Waals surface area contributed by atoms with Gasteiger partial charge in [-0.15, -0.1) is 0 Å². The first-order chi connectivity index (χ1) is 16.4. The Labute approximate surface area is 201 Å². The van der Waals surface area contributed by atoms with Gasteiger partial charge in [0.2, 0.25) is 0 Å². The Hall–Kier alpha value is -3.10. The number of fused-ring (bicyclic) bond motifs is 3. The van der Waals surface area contributed by atoms with E-state index in [9.17, 15) is 9.59 Å². The van der Waals surface area contributed by atoms with Gasteiger partial charge in [0.05, 0.1) is 0 Å². The maximum absolute atomic E-state index is 13.5. The maximum Gasteiger partial charge on any atom is 0.327 e. The molecular formula is C26H33N5O3. The van der Waals surface area contributed by atoms with Gasteiger partial charge >= 0.3 is 6.03 Å². The third-order valence-electron chi connectivity index (χ3n) is 6.95. The lowest BCUT2D eigenvalue weighted by molar-refractivity contribution is -0.138. The van der Waals surface area contributed by atoms with Crippen molar-refractivity contribution in [1.29, 1.82) is 0 Å². The van der Waals surface area contributed by atoms with E-state index in [1.165, 1.54) is 4.90 Å². The number of likely N-dealkylation sites (N-methyl/N-ethyl adjacent to an activating group) is 1. The van der Waals surface area contributed by atoms with E-state index in [-0.39, 0.29) is 30.4 Å². The Morgan fingerprint density at radius 1 is 1.00 bits per heavy atom. The molecule has 0 aromatic heterocycles. The third kappa shape index (κ3) is 4.12. The molecule has 8 heteroatoms. The highest BCUT2D eigenvalue weighted by atomic mass is 16.5. The minimum absolute atomic E-state index is 0.0859. The summed E-state index contributed by atoms with van der Waals surface area (Å²) in [4.78, 5) is 34.1. The first-order valence-electron chi connectivity index (χ1n) is 12.1. The van der Waals surface area contributed by atoms with E-state index in [1.54, 1.807) is 11.9 Å². The van der Waals surface area contributed by atoms with Gasteiger partial charge < -0.3 is 14.5 Å². The Kier molecular flexibility index (Phi) is 6.18. The molecule has 0 spiro atoms. The number of ether oxygens (including phenoxy) is 1. The number of carbonyl (C=O) groups excluding carboxylic acids is 2. The molecule has 34 heavy (non-hydrogen) atoms. The molecule has 3 aliphatic rings. The van der Waals surface area contributed by atoms with Crippen LogP contribution in [0.4, 0.5) is 10.5 Å². The summed E-state index contributed by atoms with van der Waals surface area (Å²) >= 11 is 0. The van der Waals surface area contributed by atoms with Gasteiger partial charge in [0.1, 0.15) is 30.0 Å². The zero-order valence-electron chi connectivity index (χ0n) is 20.1. The number of hydrogen-bond acceptors (Lipinski definition) is 6. The standard InChI is InChI=1S/C26H33N5O3/c1-18(2)14-17-31-24(32)22-23(28(3)26(31)33)27-25-29(15-7-16-30(22)25)19-10-12-21(13-11-19)34-20-8-5-4-6-9-20/h4-6,8-13,18,22-23,25,27H,7,14-17H2,1-3H3. The molecule has 3 fully saturated rings. The second-order valence-electron chi connectivity index (χ2n) is 9.69. The quantitative estimate of drug-likeness (QED) is 0.707. The van der Waals surface area contributed by atoms with Crippen molar-refractivity contribution in [2.75, 3.05) is 31.6 Å². The van der Waals surface area contributed by atoms with Gasteiger partial charge in [-0.1, -0.05) is 32.0 Å². The van der Waals surface area contributed by atoms with Crippen LogP contribution >= 0.6 is 0 Å². The predicted octanol–water partition coefficient (Wildman–Crippen LogP) is 3.51. The van der Waals surface area contributed by atoms with Crippen LogP contribution in [0.2, 0.25) is 0 Å². The number of para-hydroxylation sites is 1. The van der Waals surface area contributed by atoms with Crippen LogP contribution in [0.15, 0.2) is 54.6 Å². The van der Waals surface area contributed by atoms with E-state index >= 15 is 0 Å². The molecule has 3 saturated heterocycles. The monoisotopic (exact) mass is 463 g/mol. The predicted molar refractivity (Wildman–Crippen MR) is 130 cm³/mol. The second kappa shape index (κ2) is 9.27. The molecule has 3 unspecified atom stereocenters. The fourth-order valence-electron chi connectivity index (χ4n) is 5.11. The molecule has 0 radical (unpaired) electrons. The van der Waals surface area contributed by atoms with Gasteiger partial charge in [-0.3, -0.25) is 19.9 Å². The summed E-state index contributed by atoms with van der Waals surface area (Å²) in [6.07, 6.45) is 1.28. The number of hydrogen-bond donors (Lipinski definition) is 1. The molecule has 0 saturated carbocycles. The van der Waals surface area contributed by atoms with Crippen LogP contribution in [0.1, 0.15) is 26.7 Å². The van der Waals surface area contributed by atoms with Gasteiger partial charge in [-0.2, -0.15) is 0 Å². The van der Waals surface area contributed by atoms with E-state index in [4.69, 9.17) is 4.74 Å². The fourth-order valence-corrected chi connectivity index (χ4v) is 5.11. The number of nitrogens with one attached hydrogen (secondary N) is 1. The summed E-state index contributed by atoms with van der Waals surface area (Å²) in [5, 5.41) is 3.57. The lowest BCUT2D eigenvalue weighted by atomic mass is 10.1. The number of amides is 3. The van der Waals surface area contributed by atoms with Gasteiger partial charge in [0.25, 0.3) is 5.91 Å². The summed E-state index contributed by atoms with van der Waals surface area (Å²) in [5.41, 5.74) is 1.05. The van der Waals surface area contributed by atoms with Crippen molar-refractivity contribution < 1.29 is 14.3 Å². The molecule has 3 amide bonds. The number of rotatable bonds is 6. The molecule has 2 aromatic rings. The minimum Gasteiger partial charge on any atom is -0.457 e. The normalized spacial score (nSPS) is 25.1. The van der Waals surface area contributed by atoms with Gasteiger partial charge in [-0.25, -0.2) is 4.79 Å². The van der Waals surface area contributed by atoms with Crippen molar-refractivity contribution in [2.45, 2.75) is 45.2 Å². The van der Waals surface area contributed by atoms with Crippen molar-refractivity contribution >= 4 is 17.6 Å². The first kappa shape index (κ1) is 22.7. The van der Waals surface area contributed by atoms with E-state index in [2.05, 4.69) is 41.1 Å². The van der Waals surface area contributed by atoms with Crippen molar-refractivity contribution in [1.82, 2.24) is 20.0 Å². The Balaban J connectivity index is 1.34. The second-order valence-corrected chi connectivity index (χ2v) is 9.69. The maximum atomic E-state index is 13.5. The SMILES string of the molecule is CC(C)CCN1C(=O)C2C(NC3N(c4ccc(Oc5ccccc5)cc4)CCCN23)N(C)C1=O. The summed E-state index contributed by atoms with van der Waals surface area (Å²) in [6.45, 7) is 6.37. The smallest absolute Gasteiger partial charge is 0.327 e. The highest BCUT2D eigenvalue weighted by Gasteiger charge is 2.55. The summed E-state index contributed by atoms with van der Waals surface area (Å²) in [5.74, 6) is 1.92. The third-order valence-corrected chi connectivity index (χ3v) is 6.95. The Morgan fingerprint density at radius 3 is 2.41 bits per heavy atom. The number of carbonyl (C=O) groups is 2. The van der Waals surface area contributed by atoms with Crippen molar-refractivity contribution in [3.63, 3.8) is 0 Å². The number of anilines is 1. The topological polar surface area (TPSA) is 68.4 Å². The highest BCUT2D eigenvalue weighted by molar-refractivity contribution is 6.00. The summed E-state index contributed by atoms with van der Waals surface area (Å²) < 4.78 is 5.94. The van der Waals surface area contributed by atoms with Crippen molar-refractivity contribution in [3.05, 3.63) is 54.6 Å². The number of benzene rings is 2.